The molecule has 9 heteroatoms. The van der Waals surface area contributed by atoms with E-state index in [-0.39, 0.29) is 35.5 Å². The molecule has 3 aromatic rings. The quantitative estimate of drug-likeness (QED) is 0.232. The van der Waals surface area contributed by atoms with Crippen LogP contribution in [0, 0.1) is 23.5 Å². The molecule has 1 aliphatic heterocycles. The van der Waals surface area contributed by atoms with E-state index in [2.05, 4.69) is 9.73 Å². The first kappa shape index (κ1) is 27.3. The average molecular weight is 532 g/mol. The fourth-order valence-corrected chi connectivity index (χ4v) is 4.22. The van der Waals surface area contributed by atoms with Gasteiger partial charge in [0.05, 0.1) is 17.5 Å². The standard InChI is InChI=1S/C29H26F5NO3/c1-16(2)17(3)37-28(36)22-15-25(26-23(30)5-4-6-24(26)31)35-27(22)20-9-7-18(8-10-20)19-11-13-21(14-12-19)38-29(32,33)34/h4-14,16-17,22,27H,15H2,1-3H3/t17?,22-,27-/m0/s1. The second kappa shape index (κ2) is 10.9. The lowest BCUT2D eigenvalue weighted by Gasteiger charge is -2.22. The first-order valence-corrected chi connectivity index (χ1v) is 12.1. The summed E-state index contributed by atoms with van der Waals surface area (Å²) in [5, 5.41) is 0. The van der Waals surface area contributed by atoms with Gasteiger partial charge in [0.2, 0.25) is 0 Å². The minimum Gasteiger partial charge on any atom is -0.462 e. The fraction of sp³-hybridized carbons (Fsp3) is 0.310. The number of esters is 1. The van der Waals surface area contributed by atoms with Crippen LogP contribution in [-0.2, 0) is 9.53 Å². The van der Waals surface area contributed by atoms with Crippen molar-refractivity contribution in [2.24, 2.45) is 16.8 Å². The highest BCUT2D eigenvalue weighted by atomic mass is 19.4. The Kier molecular flexibility index (Phi) is 7.85. The van der Waals surface area contributed by atoms with Gasteiger partial charge in [0.25, 0.3) is 0 Å². The second-order valence-electron chi connectivity index (χ2n) is 9.51. The molecule has 3 atom stereocenters. The van der Waals surface area contributed by atoms with Crippen molar-refractivity contribution in [2.75, 3.05) is 0 Å². The summed E-state index contributed by atoms with van der Waals surface area (Å²) in [7, 11) is 0. The normalized spacial score (nSPS) is 18.3. The van der Waals surface area contributed by atoms with Crippen LogP contribution in [0.2, 0.25) is 0 Å². The van der Waals surface area contributed by atoms with Gasteiger partial charge in [0, 0.05) is 12.1 Å². The smallest absolute Gasteiger partial charge is 0.462 e. The van der Waals surface area contributed by atoms with Crippen LogP contribution in [-0.4, -0.2) is 24.1 Å². The van der Waals surface area contributed by atoms with Gasteiger partial charge in [0.1, 0.15) is 23.5 Å². The highest BCUT2D eigenvalue weighted by molar-refractivity contribution is 6.04. The highest BCUT2D eigenvalue weighted by Crippen LogP contribution is 2.39. The molecule has 0 aliphatic carbocycles. The van der Waals surface area contributed by atoms with Crippen LogP contribution in [0.1, 0.15) is 44.4 Å². The Morgan fingerprint density at radius 1 is 0.895 bits per heavy atom. The molecule has 1 aliphatic rings. The van der Waals surface area contributed by atoms with E-state index in [1.165, 1.54) is 30.3 Å². The Morgan fingerprint density at radius 3 is 1.97 bits per heavy atom. The van der Waals surface area contributed by atoms with Crippen molar-refractivity contribution in [3.05, 3.63) is 89.5 Å². The van der Waals surface area contributed by atoms with Gasteiger partial charge in [0.15, 0.2) is 0 Å². The zero-order valence-electron chi connectivity index (χ0n) is 20.9. The maximum Gasteiger partial charge on any atom is 0.573 e. The summed E-state index contributed by atoms with van der Waals surface area (Å²) >= 11 is 0. The van der Waals surface area contributed by atoms with Crippen molar-refractivity contribution < 1.29 is 36.2 Å². The molecular formula is C29H26F5NO3. The molecule has 0 bridgehead atoms. The van der Waals surface area contributed by atoms with E-state index in [4.69, 9.17) is 4.74 Å². The molecule has 0 spiro atoms. The number of benzene rings is 3. The number of halogens is 5. The van der Waals surface area contributed by atoms with Crippen LogP contribution in [0.4, 0.5) is 22.0 Å². The van der Waals surface area contributed by atoms with Crippen molar-refractivity contribution in [2.45, 2.75) is 45.7 Å². The minimum atomic E-state index is -4.78. The van der Waals surface area contributed by atoms with E-state index in [9.17, 15) is 26.7 Å². The SMILES string of the molecule is CC(C)C(C)OC(=O)[C@H]1CC(c2c(F)cccc2F)=N[C@H]1c1ccc(-c2ccc(OC(F)(F)F)cc2)cc1. The first-order valence-electron chi connectivity index (χ1n) is 12.1. The number of hydrogen-bond donors (Lipinski definition) is 0. The number of nitrogens with zero attached hydrogens (tertiary/aromatic N) is 1. The lowest BCUT2D eigenvalue weighted by atomic mass is 9.90. The third-order valence-corrected chi connectivity index (χ3v) is 6.56. The summed E-state index contributed by atoms with van der Waals surface area (Å²) in [6.07, 6.45) is -5.13. The molecule has 0 saturated heterocycles. The third-order valence-electron chi connectivity index (χ3n) is 6.56. The molecule has 1 unspecified atom stereocenters. The summed E-state index contributed by atoms with van der Waals surface area (Å²) in [6.45, 7) is 5.62. The van der Waals surface area contributed by atoms with Gasteiger partial charge in [-0.05, 0) is 53.8 Å². The molecule has 4 rings (SSSR count). The van der Waals surface area contributed by atoms with Crippen LogP contribution < -0.4 is 4.74 Å². The van der Waals surface area contributed by atoms with Crippen molar-refractivity contribution in [3.8, 4) is 16.9 Å². The zero-order valence-corrected chi connectivity index (χ0v) is 20.9. The Hall–Kier alpha value is -3.75. The predicted octanol–water partition coefficient (Wildman–Crippen LogP) is 7.67. The lowest BCUT2D eigenvalue weighted by molar-refractivity contribution is -0.274. The number of carbonyl (C=O) groups is 1. The summed E-state index contributed by atoms with van der Waals surface area (Å²) in [6, 6.07) is 15.2. The monoisotopic (exact) mass is 531 g/mol. The van der Waals surface area contributed by atoms with Crippen LogP contribution in [0.5, 0.6) is 5.75 Å². The minimum absolute atomic E-state index is 0.00852. The Morgan fingerprint density at radius 2 is 1.45 bits per heavy atom. The maximum atomic E-state index is 14.5. The molecule has 0 radical (unpaired) electrons. The van der Waals surface area contributed by atoms with Crippen LogP contribution in [0.25, 0.3) is 11.1 Å². The molecule has 0 amide bonds. The van der Waals surface area contributed by atoms with Crippen molar-refractivity contribution >= 4 is 11.7 Å². The molecule has 1 heterocycles. The van der Waals surface area contributed by atoms with Gasteiger partial charge in [-0.25, -0.2) is 8.78 Å². The maximum absolute atomic E-state index is 14.5. The summed E-state index contributed by atoms with van der Waals surface area (Å²) in [4.78, 5) is 17.7. The number of alkyl halides is 3. The zero-order chi connectivity index (χ0) is 27.6. The van der Waals surface area contributed by atoms with Crippen LogP contribution in [0.3, 0.4) is 0 Å². The highest BCUT2D eigenvalue weighted by Gasteiger charge is 2.39. The molecule has 0 N–H and O–H groups in total. The molecular weight excluding hydrogens is 505 g/mol. The van der Waals surface area contributed by atoms with Gasteiger partial charge in [-0.3, -0.25) is 9.79 Å². The van der Waals surface area contributed by atoms with E-state index in [1.54, 1.807) is 31.2 Å². The van der Waals surface area contributed by atoms with E-state index < -0.39 is 35.9 Å². The number of ether oxygens (including phenoxy) is 2. The number of rotatable bonds is 7. The van der Waals surface area contributed by atoms with Crippen LogP contribution in [0.15, 0.2) is 71.7 Å². The molecule has 0 aromatic heterocycles. The van der Waals surface area contributed by atoms with Crippen molar-refractivity contribution in [3.63, 3.8) is 0 Å². The van der Waals surface area contributed by atoms with Gasteiger partial charge < -0.3 is 9.47 Å². The number of aliphatic imine (C=N–C) groups is 1. The van der Waals surface area contributed by atoms with E-state index in [0.717, 1.165) is 12.1 Å². The Bertz CT molecular complexity index is 1300. The summed E-state index contributed by atoms with van der Waals surface area (Å²) in [5.41, 5.74) is 1.88. The van der Waals surface area contributed by atoms with Gasteiger partial charge in [-0.1, -0.05) is 56.3 Å². The molecule has 38 heavy (non-hydrogen) atoms. The largest absolute Gasteiger partial charge is 0.573 e. The topological polar surface area (TPSA) is 47.9 Å². The van der Waals surface area contributed by atoms with E-state index in [0.29, 0.717) is 16.7 Å². The molecule has 0 saturated carbocycles. The molecule has 3 aromatic carbocycles. The number of hydrogen-bond acceptors (Lipinski definition) is 4. The second-order valence-corrected chi connectivity index (χ2v) is 9.51. The van der Waals surface area contributed by atoms with E-state index >= 15 is 0 Å². The Labute approximate surface area is 217 Å². The molecule has 200 valence electrons. The van der Waals surface area contributed by atoms with Gasteiger partial charge in [-0.2, -0.15) is 0 Å². The fourth-order valence-electron chi connectivity index (χ4n) is 4.22. The van der Waals surface area contributed by atoms with Crippen molar-refractivity contribution in [1.29, 1.82) is 0 Å². The van der Waals surface area contributed by atoms with E-state index in [1.807, 2.05) is 13.8 Å². The van der Waals surface area contributed by atoms with Crippen LogP contribution >= 0.6 is 0 Å². The Balaban J connectivity index is 1.63. The van der Waals surface area contributed by atoms with Gasteiger partial charge >= 0.3 is 12.3 Å². The summed E-state index contributed by atoms with van der Waals surface area (Å²) in [5.74, 6) is -3.06. The summed E-state index contributed by atoms with van der Waals surface area (Å²) < 4.78 is 75.9. The third kappa shape index (κ3) is 6.20. The molecule has 0 fully saturated rings. The predicted molar refractivity (Wildman–Crippen MR) is 133 cm³/mol. The van der Waals surface area contributed by atoms with Gasteiger partial charge in [-0.15, -0.1) is 13.2 Å². The number of carbonyl (C=O) groups excluding carboxylic acids is 1. The van der Waals surface area contributed by atoms with Crippen molar-refractivity contribution in [1.82, 2.24) is 0 Å². The lowest BCUT2D eigenvalue weighted by Crippen LogP contribution is -2.28. The average Bonchev–Trinajstić information content (AvgIpc) is 3.28. The molecule has 4 nitrogen and oxygen atoms in total. The first-order chi connectivity index (χ1) is 17.9.